The SMILES string of the molecule is Oc1ccc(C2CCCCC2)c(C2CCCCC2)c1. The zero-order chi connectivity index (χ0) is 13.1. The smallest absolute Gasteiger partial charge is 0.115 e. The van der Waals surface area contributed by atoms with Gasteiger partial charge in [0.1, 0.15) is 5.75 Å². The summed E-state index contributed by atoms with van der Waals surface area (Å²) in [4.78, 5) is 0. The van der Waals surface area contributed by atoms with Gasteiger partial charge in [0, 0.05) is 0 Å². The van der Waals surface area contributed by atoms with Crippen molar-refractivity contribution in [3.63, 3.8) is 0 Å². The Kier molecular flexibility index (Phi) is 4.10. The minimum atomic E-state index is 0.458. The van der Waals surface area contributed by atoms with Crippen LogP contribution in [-0.2, 0) is 0 Å². The van der Waals surface area contributed by atoms with Crippen LogP contribution in [0.15, 0.2) is 18.2 Å². The zero-order valence-electron chi connectivity index (χ0n) is 11.9. The second-order valence-electron chi connectivity index (χ2n) is 6.48. The van der Waals surface area contributed by atoms with Crippen LogP contribution in [0.25, 0.3) is 0 Å². The van der Waals surface area contributed by atoms with Gasteiger partial charge in [-0.1, -0.05) is 44.6 Å². The number of phenols is 1. The molecule has 0 saturated heterocycles. The first-order chi connectivity index (χ1) is 9.34. The molecule has 0 heterocycles. The fourth-order valence-corrected chi connectivity index (χ4v) is 4.11. The number of hydrogen-bond donors (Lipinski definition) is 1. The number of phenolic OH excluding ortho intramolecular Hbond substituents is 1. The van der Waals surface area contributed by atoms with Gasteiger partial charge in [0.2, 0.25) is 0 Å². The third kappa shape index (κ3) is 2.96. The van der Waals surface area contributed by atoms with E-state index in [1.54, 1.807) is 5.56 Å². The lowest BCUT2D eigenvalue weighted by atomic mass is 9.76. The Labute approximate surface area is 117 Å². The maximum absolute atomic E-state index is 9.87. The monoisotopic (exact) mass is 258 g/mol. The highest BCUT2D eigenvalue weighted by molar-refractivity contribution is 5.39. The van der Waals surface area contributed by atoms with Gasteiger partial charge in [-0.05, 0) is 60.8 Å². The predicted molar refractivity (Wildman–Crippen MR) is 79.8 cm³/mol. The van der Waals surface area contributed by atoms with E-state index in [1.165, 1.54) is 69.8 Å². The fraction of sp³-hybridized carbons (Fsp3) is 0.667. The van der Waals surface area contributed by atoms with E-state index in [4.69, 9.17) is 0 Å². The molecular formula is C18H26O. The normalized spacial score (nSPS) is 22.5. The summed E-state index contributed by atoms with van der Waals surface area (Å²) in [7, 11) is 0. The summed E-state index contributed by atoms with van der Waals surface area (Å²) in [5.41, 5.74) is 3.04. The Hall–Kier alpha value is -0.980. The van der Waals surface area contributed by atoms with E-state index >= 15 is 0 Å². The second kappa shape index (κ2) is 5.98. The summed E-state index contributed by atoms with van der Waals surface area (Å²) < 4.78 is 0. The molecule has 19 heavy (non-hydrogen) atoms. The van der Waals surface area contributed by atoms with E-state index in [-0.39, 0.29) is 0 Å². The third-order valence-electron chi connectivity index (χ3n) is 5.16. The quantitative estimate of drug-likeness (QED) is 0.744. The number of aromatic hydroxyl groups is 1. The fourth-order valence-electron chi connectivity index (χ4n) is 4.11. The number of hydrogen-bond acceptors (Lipinski definition) is 1. The van der Waals surface area contributed by atoms with Crippen molar-refractivity contribution < 1.29 is 5.11 Å². The molecule has 0 spiro atoms. The van der Waals surface area contributed by atoms with E-state index < -0.39 is 0 Å². The lowest BCUT2D eigenvalue weighted by molar-refractivity contribution is 0.415. The maximum Gasteiger partial charge on any atom is 0.115 e. The van der Waals surface area contributed by atoms with Crippen molar-refractivity contribution >= 4 is 0 Å². The number of rotatable bonds is 2. The molecule has 0 radical (unpaired) electrons. The molecule has 2 saturated carbocycles. The summed E-state index contributed by atoms with van der Waals surface area (Å²) in [5.74, 6) is 1.92. The molecule has 0 atom stereocenters. The molecule has 0 unspecified atom stereocenters. The molecule has 2 fully saturated rings. The molecule has 1 aromatic carbocycles. The molecule has 1 N–H and O–H groups in total. The van der Waals surface area contributed by atoms with Crippen molar-refractivity contribution in [1.82, 2.24) is 0 Å². The van der Waals surface area contributed by atoms with Crippen LogP contribution in [0.5, 0.6) is 5.75 Å². The Morgan fingerprint density at radius 1 is 0.684 bits per heavy atom. The highest BCUT2D eigenvalue weighted by atomic mass is 16.3. The van der Waals surface area contributed by atoms with Crippen molar-refractivity contribution in [1.29, 1.82) is 0 Å². The predicted octanol–water partition coefficient (Wildman–Crippen LogP) is 5.49. The van der Waals surface area contributed by atoms with Crippen molar-refractivity contribution in [2.24, 2.45) is 0 Å². The Morgan fingerprint density at radius 3 is 1.79 bits per heavy atom. The second-order valence-corrected chi connectivity index (χ2v) is 6.48. The molecule has 1 nitrogen and oxygen atoms in total. The van der Waals surface area contributed by atoms with Gasteiger partial charge in [0.15, 0.2) is 0 Å². The summed E-state index contributed by atoms with van der Waals surface area (Å²) in [6.45, 7) is 0. The van der Waals surface area contributed by atoms with E-state index in [1.807, 2.05) is 6.07 Å². The Balaban J connectivity index is 1.88. The molecular weight excluding hydrogens is 232 g/mol. The van der Waals surface area contributed by atoms with Gasteiger partial charge in [0.05, 0.1) is 0 Å². The molecule has 0 amide bonds. The third-order valence-corrected chi connectivity index (χ3v) is 5.16. The van der Waals surface area contributed by atoms with Crippen LogP contribution < -0.4 is 0 Å². The molecule has 1 aromatic rings. The van der Waals surface area contributed by atoms with Gasteiger partial charge >= 0.3 is 0 Å². The van der Waals surface area contributed by atoms with Crippen molar-refractivity contribution in [3.8, 4) is 5.75 Å². The highest BCUT2D eigenvalue weighted by Gasteiger charge is 2.24. The van der Waals surface area contributed by atoms with Crippen molar-refractivity contribution in [2.45, 2.75) is 76.0 Å². The lowest BCUT2D eigenvalue weighted by Crippen LogP contribution is -2.12. The summed E-state index contributed by atoms with van der Waals surface area (Å²) in [5, 5.41) is 9.87. The van der Waals surface area contributed by atoms with Gasteiger partial charge in [-0.2, -0.15) is 0 Å². The van der Waals surface area contributed by atoms with Crippen LogP contribution in [0.4, 0.5) is 0 Å². The van der Waals surface area contributed by atoms with E-state index in [0.29, 0.717) is 11.7 Å². The lowest BCUT2D eigenvalue weighted by Gasteiger charge is -2.29. The van der Waals surface area contributed by atoms with Gasteiger partial charge < -0.3 is 5.11 Å². The summed E-state index contributed by atoms with van der Waals surface area (Å²) in [6.07, 6.45) is 13.7. The largest absolute Gasteiger partial charge is 0.508 e. The van der Waals surface area contributed by atoms with Crippen molar-refractivity contribution in [3.05, 3.63) is 29.3 Å². The molecule has 0 aromatic heterocycles. The van der Waals surface area contributed by atoms with Gasteiger partial charge in [0.25, 0.3) is 0 Å². The van der Waals surface area contributed by atoms with Gasteiger partial charge in [-0.25, -0.2) is 0 Å². The van der Waals surface area contributed by atoms with Crippen LogP contribution >= 0.6 is 0 Å². The van der Waals surface area contributed by atoms with Crippen LogP contribution in [0, 0.1) is 0 Å². The average Bonchev–Trinajstić information content (AvgIpc) is 2.49. The first-order valence-corrected chi connectivity index (χ1v) is 8.17. The molecule has 0 aliphatic heterocycles. The number of benzene rings is 1. The first kappa shape index (κ1) is 13.0. The molecule has 0 bridgehead atoms. The van der Waals surface area contributed by atoms with Gasteiger partial charge in [-0.15, -0.1) is 0 Å². The van der Waals surface area contributed by atoms with E-state index in [9.17, 15) is 5.11 Å². The van der Waals surface area contributed by atoms with E-state index in [2.05, 4.69) is 12.1 Å². The minimum absolute atomic E-state index is 0.458. The van der Waals surface area contributed by atoms with Crippen LogP contribution in [0.3, 0.4) is 0 Å². The molecule has 3 rings (SSSR count). The summed E-state index contributed by atoms with van der Waals surface area (Å²) >= 11 is 0. The first-order valence-electron chi connectivity index (χ1n) is 8.17. The molecule has 1 heteroatoms. The zero-order valence-corrected chi connectivity index (χ0v) is 11.9. The molecule has 104 valence electrons. The van der Waals surface area contributed by atoms with Gasteiger partial charge in [-0.3, -0.25) is 0 Å². The average molecular weight is 258 g/mol. The molecule has 2 aliphatic carbocycles. The summed E-state index contributed by atoms with van der Waals surface area (Å²) in [6, 6.07) is 6.19. The van der Waals surface area contributed by atoms with E-state index in [0.717, 1.165) is 5.92 Å². The Morgan fingerprint density at radius 2 is 1.21 bits per heavy atom. The topological polar surface area (TPSA) is 20.2 Å². The van der Waals surface area contributed by atoms with Crippen LogP contribution in [0.2, 0.25) is 0 Å². The Bertz CT molecular complexity index is 412. The van der Waals surface area contributed by atoms with Crippen molar-refractivity contribution in [2.75, 3.05) is 0 Å². The van der Waals surface area contributed by atoms with Crippen LogP contribution in [0.1, 0.15) is 87.2 Å². The standard InChI is InChI=1S/C18H26O/c19-16-11-12-17(14-7-3-1-4-8-14)18(13-16)15-9-5-2-6-10-15/h11-15,19H,1-10H2. The maximum atomic E-state index is 9.87. The highest BCUT2D eigenvalue weighted by Crippen LogP contribution is 2.42. The van der Waals surface area contributed by atoms with Crippen LogP contribution in [-0.4, -0.2) is 5.11 Å². The minimum Gasteiger partial charge on any atom is -0.508 e. The molecule has 2 aliphatic rings.